The Hall–Kier alpha value is -3.13. The number of hydrogen-bond acceptors (Lipinski definition) is 6. The quantitative estimate of drug-likeness (QED) is 0.632. The molecule has 3 rings (SSSR count). The molecule has 0 fully saturated rings. The van der Waals surface area contributed by atoms with Gasteiger partial charge in [0.05, 0.1) is 37.7 Å². The van der Waals surface area contributed by atoms with Gasteiger partial charge >= 0.3 is 0 Å². The van der Waals surface area contributed by atoms with Crippen molar-refractivity contribution in [3.05, 3.63) is 58.2 Å². The number of aryl methyl sites for hydroxylation is 1. The van der Waals surface area contributed by atoms with Gasteiger partial charge in [0.15, 0.2) is 11.5 Å². The molecule has 1 N–H and O–H groups in total. The Balaban J connectivity index is 1.73. The second-order valence-corrected chi connectivity index (χ2v) is 6.70. The average Bonchev–Trinajstić information content (AvgIpc) is 3.28. The lowest BCUT2D eigenvalue weighted by Gasteiger charge is -2.14. The van der Waals surface area contributed by atoms with Crippen molar-refractivity contribution < 1.29 is 14.3 Å². The van der Waals surface area contributed by atoms with E-state index in [0.29, 0.717) is 23.9 Å². The maximum absolute atomic E-state index is 12.2. The van der Waals surface area contributed by atoms with Crippen LogP contribution in [0.15, 0.2) is 41.9 Å². The average molecular weight is 384 g/mol. The molecule has 0 radical (unpaired) electrons. The van der Waals surface area contributed by atoms with Crippen LogP contribution in [0.25, 0.3) is 6.08 Å². The highest BCUT2D eigenvalue weighted by Gasteiger charge is 2.12. The van der Waals surface area contributed by atoms with Crippen molar-refractivity contribution in [3.63, 3.8) is 0 Å². The van der Waals surface area contributed by atoms with Crippen molar-refractivity contribution in [3.8, 4) is 11.5 Å². The van der Waals surface area contributed by atoms with Gasteiger partial charge in [-0.1, -0.05) is 12.1 Å². The lowest BCUT2D eigenvalue weighted by Crippen LogP contribution is -2.14. The van der Waals surface area contributed by atoms with Crippen molar-refractivity contribution in [1.82, 2.24) is 14.8 Å². The first-order valence-electron chi connectivity index (χ1n) is 8.23. The van der Waals surface area contributed by atoms with Gasteiger partial charge in [-0.05, 0) is 19.1 Å². The van der Waals surface area contributed by atoms with Crippen molar-refractivity contribution in [1.29, 1.82) is 0 Å². The lowest BCUT2D eigenvalue weighted by molar-refractivity contribution is -0.111. The van der Waals surface area contributed by atoms with Gasteiger partial charge in [0, 0.05) is 23.1 Å². The van der Waals surface area contributed by atoms with Crippen LogP contribution in [0, 0.1) is 6.92 Å². The van der Waals surface area contributed by atoms with E-state index < -0.39 is 0 Å². The summed E-state index contributed by atoms with van der Waals surface area (Å²) in [6.07, 6.45) is 4.78. The van der Waals surface area contributed by atoms with Crippen molar-refractivity contribution in [2.75, 3.05) is 19.5 Å². The molecule has 0 saturated heterocycles. The van der Waals surface area contributed by atoms with Gasteiger partial charge in [0.2, 0.25) is 5.91 Å². The van der Waals surface area contributed by atoms with E-state index in [4.69, 9.17) is 9.47 Å². The Morgan fingerprint density at radius 1 is 1.30 bits per heavy atom. The molecule has 3 aromatic rings. The number of aromatic nitrogens is 3. The minimum Gasteiger partial charge on any atom is -0.493 e. The van der Waals surface area contributed by atoms with E-state index in [-0.39, 0.29) is 5.91 Å². The second kappa shape index (κ2) is 8.50. The SMILES string of the molecule is COc1cccc(Cn2nccc2NC(=O)/C=C/c2csc(C)n2)c1OC. The topological polar surface area (TPSA) is 78.3 Å². The Labute approximate surface area is 161 Å². The maximum atomic E-state index is 12.2. The Kier molecular flexibility index (Phi) is 5.87. The zero-order valence-electron chi connectivity index (χ0n) is 15.3. The molecule has 0 aliphatic rings. The predicted octanol–water partition coefficient (Wildman–Crippen LogP) is 3.37. The van der Waals surface area contributed by atoms with Crippen molar-refractivity contribution in [2.24, 2.45) is 0 Å². The van der Waals surface area contributed by atoms with Gasteiger partial charge in [-0.3, -0.25) is 4.79 Å². The summed E-state index contributed by atoms with van der Waals surface area (Å²) in [5, 5.41) is 9.98. The Morgan fingerprint density at radius 3 is 2.85 bits per heavy atom. The number of rotatable bonds is 7. The highest BCUT2D eigenvalue weighted by molar-refractivity contribution is 7.09. The number of anilines is 1. The van der Waals surface area contributed by atoms with E-state index >= 15 is 0 Å². The number of methoxy groups -OCH3 is 2. The van der Waals surface area contributed by atoms with E-state index in [1.165, 1.54) is 6.08 Å². The monoisotopic (exact) mass is 384 g/mol. The molecule has 0 atom stereocenters. The highest BCUT2D eigenvalue weighted by atomic mass is 32.1. The maximum Gasteiger partial charge on any atom is 0.249 e. The normalized spacial score (nSPS) is 10.9. The van der Waals surface area contributed by atoms with Crippen LogP contribution in [-0.2, 0) is 11.3 Å². The van der Waals surface area contributed by atoms with Gasteiger partial charge in [-0.15, -0.1) is 11.3 Å². The summed E-state index contributed by atoms with van der Waals surface area (Å²) in [5.41, 5.74) is 1.66. The summed E-state index contributed by atoms with van der Waals surface area (Å²) in [5.74, 6) is 1.63. The molecule has 7 nitrogen and oxygen atoms in total. The summed E-state index contributed by atoms with van der Waals surface area (Å²) in [6.45, 7) is 2.35. The highest BCUT2D eigenvalue weighted by Crippen LogP contribution is 2.31. The molecule has 0 aliphatic carbocycles. The van der Waals surface area contributed by atoms with Crippen molar-refractivity contribution >= 4 is 29.1 Å². The smallest absolute Gasteiger partial charge is 0.249 e. The number of carbonyl (C=O) groups excluding carboxylic acids is 1. The lowest BCUT2D eigenvalue weighted by atomic mass is 10.2. The molecule has 140 valence electrons. The molecule has 1 amide bonds. The molecule has 0 aliphatic heterocycles. The predicted molar refractivity (Wildman–Crippen MR) is 105 cm³/mol. The molecule has 8 heteroatoms. The summed E-state index contributed by atoms with van der Waals surface area (Å²) in [7, 11) is 3.19. The fraction of sp³-hybridized carbons (Fsp3) is 0.211. The summed E-state index contributed by atoms with van der Waals surface area (Å²) >= 11 is 1.54. The Bertz CT molecular complexity index is 962. The number of nitrogens with one attached hydrogen (secondary N) is 1. The van der Waals surface area contributed by atoms with E-state index in [2.05, 4.69) is 15.4 Å². The van der Waals surface area contributed by atoms with Crippen LogP contribution in [-0.4, -0.2) is 34.9 Å². The van der Waals surface area contributed by atoms with Gasteiger partial charge in [0.1, 0.15) is 5.82 Å². The van der Waals surface area contributed by atoms with Crippen LogP contribution in [0.3, 0.4) is 0 Å². The van der Waals surface area contributed by atoms with E-state index in [9.17, 15) is 4.79 Å². The zero-order chi connectivity index (χ0) is 19.2. The number of carbonyl (C=O) groups is 1. The molecular weight excluding hydrogens is 364 g/mol. The third kappa shape index (κ3) is 4.53. The molecule has 0 unspecified atom stereocenters. The summed E-state index contributed by atoms with van der Waals surface area (Å²) in [4.78, 5) is 16.5. The fourth-order valence-corrected chi connectivity index (χ4v) is 3.17. The van der Waals surface area contributed by atoms with Crippen LogP contribution < -0.4 is 14.8 Å². The van der Waals surface area contributed by atoms with Gasteiger partial charge in [-0.2, -0.15) is 5.10 Å². The third-order valence-electron chi connectivity index (χ3n) is 3.81. The van der Waals surface area contributed by atoms with Crippen LogP contribution in [0.4, 0.5) is 5.82 Å². The number of amides is 1. The van der Waals surface area contributed by atoms with Gasteiger partial charge < -0.3 is 14.8 Å². The molecule has 2 aromatic heterocycles. The number of nitrogens with zero attached hydrogens (tertiary/aromatic N) is 3. The number of thiazole rings is 1. The molecule has 0 saturated carbocycles. The van der Waals surface area contributed by atoms with Gasteiger partial charge in [-0.25, -0.2) is 9.67 Å². The van der Waals surface area contributed by atoms with E-state index in [0.717, 1.165) is 16.3 Å². The first-order chi connectivity index (χ1) is 13.1. The van der Waals surface area contributed by atoms with Crippen LogP contribution in [0.1, 0.15) is 16.3 Å². The van der Waals surface area contributed by atoms with E-state index in [1.54, 1.807) is 48.6 Å². The molecule has 0 spiro atoms. The minimum absolute atomic E-state index is 0.250. The third-order valence-corrected chi connectivity index (χ3v) is 4.61. The molecule has 2 heterocycles. The summed E-state index contributed by atoms with van der Waals surface area (Å²) < 4.78 is 12.5. The van der Waals surface area contributed by atoms with Crippen LogP contribution in [0.5, 0.6) is 11.5 Å². The molecule has 0 bridgehead atoms. The standard InChI is InChI=1S/C19H20N4O3S/c1-13-21-15(12-27-13)7-8-18(24)22-17-9-10-20-23(17)11-14-5-4-6-16(25-2)19(14)26-3/h4-10,12H,11H2,1-3H3,(H,22,24)/b8-7+. The first kappa shape index (κ1) is 18.7. The van der Waals surface area contributed by atoms with Crippen LogP contribution >= 0.6 is 11.3 Å². The fourth-order valence-electron chi connectivity index (χ4n) is 2.59. The molecular formula is C19H20N4O3S. The largest absolute Gasteiger partial charge is 0.493 e. The summed E-state index contributed by atoms with van der Waals surface area (Å²) in [6, 6.07) is 7.39. The Morgan fingerprint density at radius 2 is 2.15 bits per heavy atom. The van der Waals surface area contributed by atoms with E-state index in [1.807, 2.05) is 30.5 Å². The number of ether oxygens (including phenoxy) is 2. The number of hydrogen-bond donors (Lipinski definition) is 1. The van der Waals surface area contributed by atoms with Crippen LogP contribution in [0.2, 0.25) is 0 Å². The van der Waals surface area contributed by atoms with Crippen molar-refractivity contribution in [2.45, 2.75) is 13.5 Å². The minimum atomic E-state index is -0.250. The zero-order valence-corrected chi connectivity index (χ0v) is 16.1. The number of benzene rings is 1. The molecule has 1 aromatic carbocycles. The second-order valence-electron chi connectivity index (χ2n) is 5.64. The first-order valence-corrected chi connectivity index (χ1v) is 9.11. The van der Waals surface area contributed by atoms with Gasteiger partial charge in [0.25, 0.3) is 0 Å². The molecule has 27 heavy (non-hydrogen) atoms. The number of para-hydroxylation sites is 1.